The van der Waals surface area contributed by atoms with Crippen LogP contribution in [-0.4, -0.2) is 24.2 Å². The molecule has 0 aromatic heterocycles. The summed E-state index contributed by atoms with van der Waals surface area (Å²) >= 11 is 0. The average molecular weight is 141 g/mol. The highest BCUT2D eigenvalue weighted by Crippen LogP contribution is 2.03. The van der Waals surface area contributed by atoms with Crippen LogP contribution >= 0.6 is 0 Å². The maximum Gasteiger partial charge on any atom is 0.297 e. The van der Waals surface area contributed by atoms with Gasteiger partial charge in [0, 0.05) is 6.42 Å². The molecule has 1 atom stereocenters. The minimum atomic E-state index is -0.954. The molecule has 0 saturated carbocycles. The minimum absolute atomic E-state index is 0.220. The molecule has 0 aromatic rings. The molecule has 1 unspecified atom stereocenters. The first kappa shape index (κ1) is 6.92. The summed E-state index contributed by atoms with van der Waals surface area (Å²) in [5, 5.41) is 0. The summed E-state index contributed by atoms with van der Waals surface area (Å²) in [6, 6.07) is 0. The first-order valence-corrected chi connectivity index (χ1v) is 3.00. The van der Waals surface area contributed by atoms with Crippen molar-refractivity contribution < 1.29 is 14.3 Å². The van der Waals surface area contributed by atoms with Crippen LogP contribution in [-0.2, 0) is 14.3 Å². The first-order chi connectivity index (χ1) is 4.75. The molecule has 4 heteroatoms. The molecule has 1 heterocycles. The van der Waals surface area contributed by atoms with Gasteiger partial charge in [0.15, 0.2) is 12.2 Å². The molecule has 0 radical (unpaired) electrons. The number of amides is 1. The van der Waals surface area contributed by atoms with Crippen LogP contribution in [0.25, 0.3) is 0 Å². The maximum atomic E-state index is 10.8. The number of hydrogen-bond donors (Lipinski definition) is 0. The van der Waals surface area contributed by atoms with Crippen LogP contribution in [0.1, 0.15) is 13.3 Å². The minimum Gasteiger partial charge on any atom is -0.462 e. The monoisotopic (exact) mass is 141 g/mol. The van der Waals surface area contributed by atoms with Gasteiger partial charge < -0.3 is 4.74 Å². The number of hydrogen-bond acceptors (Lipinski definition) is 3. The number of aliphatic imine (C=N–C) groups is 1. The molecule has 0 bridgehead atoms. The molecule has 0 fully saturated rings. The molecule has 0 spiro atoms. The third-order valence-electron chi connectivity index (χ3n) is 1.24. The number of ketones is 1. The van der Waals surface area contributed by atoms with Crippen LogP contribution in [0, 0.1) is 0 Å². The highest BCUT2D eigenvalue weighted by molar-refractivity contribution is 6.09. The fourth-order valence-corrected chi connectivity index (χ4v) is 0.668. The maximum absolute atomic E-state index is 10.8. The predicted molar refractivity (Wildman–Crippen MR) is 33.7 cm³/mol. The van der Waals surface area contributed by atoms with Crippen molar-refractivity contribution in [3.63, 3.8) is 0 Å². The molecule has 10 heavy (non-hydrogen) atoms. The second kappa shape index (κ2) is 2.60. The zero-order valence-electron chi connectivity index (χ0n) is 5.53. The number of Topliss-reactive ketones (excluding diaryl/α,β-unsaturated/α-hetero) is 1. The summed E-state index contributed by atoms with van der Waals surface area (Å²) in [5.74, 6) is -0.714. The molecule has 4 nitrogen and oxygen atoms in total. The Bertz CT molecular complexity index is 197. The van der Waals surface area contributed by atoms with Gasteiger partial charge in [-0.1, -0.05) is 6.92 Å². The van der Waals surface area contributed by atoms with Crippen LogP contribution in [0.15, 0.2) is 4.99 Å². The number of nitrogens with zero attached hydrogens (tertiary/aromatic N) is 1. The number of ether oxygens (including phenoxy) is 1. The Morgan fingerprint density at radius 1 is 1.90 bits per heavy atom. The van der Waals surface area contributed by atoms with Crippen LogP contribution < -0.4 is 0 Å². The van der Waals surface area contributed by atoms with Crippen LogP contribution in [0.3, 0.4) is 0 Å². The summed E-state index contributed by atoms with van der Waals surface area (Å²) < 4.78 is 4.63. The van der Waals surface area contributed by atoms with Crippen LogP contribution in [0.5, 0.6) is 0 Å². The largest absolute Gasteiger partial charge is 0.462 e. The van der Waals surface area contributed by atoms with Gasteiger partial charge in [0.2, 0.25) is 6.10 Å². The fourth-order valence-electron chi connectivity index (χ4n) is 0.668. The molecule has 0 N–H and O–H groups in total. The Labute approximate surface area is 57.9 Å². The van der Waals surface area contributed by atoms with Gasteiger partial charge in [-0.05, 0) is 0 Å². The number of rotatable bonds is 2. The Hall–Kier alpha value is -1.19. The molecular formula is C6H7NO3. The molecule has 0 saturated heterocycles. The lowest BCUT2D eigenvalue weighted by Crippen LogP contribution is -2.26. The second-order valence-corrected chi connectivity index (χ2v) is 1.91. The van der Waals surface area contributed by atoms with E-state index in [0.717, 1.165) is 6.40 Å². The Balaban J connectivity index is 2.59. The quantitative estimate of drug-likeness (QED) is 0.505. The van der Waals surface area contributed by atoms with E-state index < -0.39 is 12.0 Å². The van der Waals surface area contributed by atoms with E-state index in [9.17, 15) is 9.59 Å². The van der Waals surface area contributed by atoms with Crippen molar-refractivity contribution >= 4 is 18.1 Å². The van der Waals surface area contributed by atoms with Crippen molar-refractivity contribution in [2.75, 3.05) is 0 Å². The summed E-state index contributed by atoms with van der Waals surface area (Å²) in [6.45, 7) is 1.68. The van der Waals surface area contributed by atoms with E-state index in [4.69, 9.17) is 0 Å². The van der Waals surface area contributed by atoms with Crippen molar-refractivity contribution in [3.05, 3.63) is 0 Å². The number of carbonyl (C=O) groups is 2. The molecule has 1 aliphatic heterocycles. The molecule has 1 aliphatic rings. The third kappa shape index (κ3) is 1.05. The van der Waals surface area contributed by atoms with Crippen molar-refractivity contribution in [2.45, 2.75) is 19.4 Å². The standard InChI is InChI=1S/C6H7NO3/c1-2-4(8)5-6(9)7-3-10-5/h3,5H,2H2,1H3. The third-order valence-corrected chi connectivity index (χ3v) is 1.24. The normalized spacial score (nSPS) is 22.9. The average Bonchev–Trinajstić information content (AvgIpc) is 2.34. The van der Waals surface area contributed by atoms with Gasteiger partial charge in [-0.2, -0.15) is 4.99 Å². The highest BCUT2D eigenvalue weighted by atomic mass is 16.5. The summed E-state index contributed by atoms with van der Waals surface area (Å²) in [5.41, 5.74) is 0. The van der Waals surface area contributed by atoms with Gasteiger partial charge in [-0.25, -0.2) is 0 Å². The van der Waals surface area contributed by atoms with Gasteiger partial charge in [-0.15, -0.1) is 0 Å². The summed E-state index contributed by atoms with van der Waals surface area (Å²) in [4.78, 5) is 24.7. The van der Waals surface area contributed by atoms with Crippen LogP contribution in [0.4, 0.5) is 0 Å². The zero-order valence-corrected chi connectivity index (χ0v) is 5.53. The van der Waals surface area contributed by atoms with Gasteiger partial charge in [0.25, 0.3) is 5.91 Å². The van der Waals surface area contributed by atoms with Crippen molar-refractivity contribution in [3.8, 4) is 0 Å². The molecule has 0 aliphatic carbocycles. The second-order valence-electron chi connectivity index (χ2n) is 1.91. The predicted octanol–water partition coefficient (Wildman–Crippen LogP) is -0.0808. The lowest BCUT2D eigenvalue weighted by atomic mass is 10.2. The van der Waals surface area contributed by atoms with E-state index in [2.05, 4.69) is 9.73 Å². The van der Waals surface area contributed by atoms with Gasteiger partial charge >= 0.3 is 0 Å². The lowest BCUT2D eigenvalue weighted by Gasteiger charge is -2.01. The lowest BCUT2D eigenvalue weighted by molar-refractivity contribution is -0.134. The van der Waals surface area contributed by atoms with E-state index in [1.165, 1.54) is 0 Å². The Morgan fingerprint density at radius 3 is 3.00 bits per heavy atom. The molecule has 1 amide bonds. The van der Waals surface area contributed by atoms with Gasteiger partial charge in [-0.3, -0.25) is 9.59 Å². The smallest absolute Gasteiger partial charge is 0.297 e. The molecule has 54 valence electrons. The van der Waals surface area contributed by atoms with Gasteiger partial charge in [0.1, 0.15) is 0 Å². The molecule has 0 aromatic carbocycles. The van der Waals surface area contributed by atoms with E-state index in [-0.39, 0.29) is 5.78 Å². The van der Waals surface area contributed by atoms with E-state index in [1.807, 2.05) is 0 Å². The van der Waals surface area contributed by atoms with E-state index >= 15 is 0 Å². The van der Waals surface area contributed by atoms with E-state index in [0.29, 0.717) is 6.42 Å². The number of carbonyl (C=O) groups excluding carboxylic acids is 2. The summed E-state index contributed by atoms with van der Waals surface area (Å²) in [7, 11) is 0. The molecular weight excluding hydrogens is 134 g/mol. The van der Waals surface area contributed by atoms with Crippen LogP contribution in [0.2, 0.25) is 0 Å². The van der Waals surface area contributed by atoms with Gasteiger partial charge in [0.05, 0.1) is 0 Å². The van der Waals surface area contributed by atoms with Crippen molar-refractivity contribution in [1.82, 2.24) is 0 Å². The highest BCUT2D eigenvalue weighted by Gasteiger charge is 2.29. The van der Waals surface area contributed by atoms with Crippen molar-refractivity contribution in [1.29, 1.82) is 0 Å². The fraction of sp³-hybridized carbons (Fsp3) is 0.500. The SMILES string of the molecule is CCC(=O)C1OC=NC1=O. The first-order valence-electron chi connectivity index (χ1n) is 3.00. The zero-order chi connectivity index (χ0) is 7.56. The van der Waals surface area contributed by atoms with E-state index in [1.54, 1.807) is 6.92 Å². The Kier molecular flexibility index (Phi) is 1.80. The Morgan fingerprint density at radius 2 is 2.60 bits per heavy atom. The summed E-state index contributed by atoms with van der Waals surface area (Å²) in [6.07, 6.45) is 0.366. The molecule has 1 rings (SSSR count). The van der Waals surface area contributed by atoms with Crippen molar-refractivity contribution in [2.24, 2.45) is 4.99 Å². The topological polar surface area (TPSA) is 55.7 Å².